The molecule has 3 N–H and O–H groups in total. The Morgan fingerprint density at radius 1 is 1.43 bits per heavy atom. The summed E-state index contributed by atoms with van der Waals surface area (Å²) in [6, 6.07) is 4.79. The number of imidazole rings is 1. The van der Waals surface area contributed by atoms with Crippen LogP contribution in [0.1, 0.15) is 19.2 Å². The molecular formula is C13H17ClN4O2S. The van der Waals surface area contributed by atoms with Crippen LogP contribution in [0.5, 0.6) is 0 Å². The van der Waals surface area contributed by atoms with Crippen LogP contribution >= 0.6 is 11.6 Å². The number of hydrogen-bond donors (Lipinski definition) is 2. The van der Waals surface area contributed by atoms with Crippen molar-refractivity contribution in [1.82, 2.24) is 9.55 Å². The van der Waals surface area contributed by atoms with E-state index in [1.165, 1.54) is 6.20 Å². The third kappa shape index (κ3) is 3.30. The SMILES string of the molecule is CCCn1cc(S(=O)(=O)Nc2c(N)cccc2Cl)nc1C. The Morgan fingerprint density at radius 3 is 2.76 bits per heavy atom. The van der Waals surface area contributed by atoms with E-state index in [4.69, 9.17) is 17.3 Å². The lowest BCUT2D eigenvalue weighted by molar-refractivity contribution is 0.597. The molecule has 114 valence electrons. The number of nitrogens with zero attached hydrogens (tertiary/aromatic N) is 2. The minimum atomic E-state index is -3.82. The normalized spacial score (nSPS) is 11.6. The Kier molecular flexibility index (Phi) is 4.43. The van der Waals surface area contributed by atoms with E-state index in [1.54, 1.807) is 29.7 Å². The topological polar surface area (TPSA) is 90.0 Å². The Morgan fingerprint density at radius 2 is 2.14 bits per heavy atom. The molecule has 1 heterocycles. The Bertz CT molecular complexity index is 735. The fourth-order valence-corrected chi connectivity index (χ4v) is 3.32. The van der Waals surface area contributed by atoms with Crippen LogP contribution in [0.15, 0.2) is 29.4 Å². The van der Waals surface area contributed by atoms with Gasteiger partial charge in [0, 0.05) is 12.7 Å². The first kappa shape index (κ1) is 15.7. The summed E-state index contributed by atoms with van der Waals surface area (Å²) >= 11 is 5.98. The van der Waals surface area contributed by atoms with Crippen LogP contribution in [-0.2, 0) is 16.6 Å². The van der Waals surface area contributed by atoms with Crippen LogP contribution < -0.4 is 10.5 Å². The maximum absolute atomic E-state index is 12.4. The first-order valence-corrected chi connectivity index (χ1v) is 8.32. The van der Waals surface area contributed by atoms with E-state index >= 15 is 0 Å². The molecule has 0 saturated carbocycles. The average Bonchev–Trinajstić information content (AvgIpc) is 2.77. The summed E-state index contributed by atoms with van der Waals surface area (Å²) in [5.41, 5.74) is 6.18. The molecule has 0 aliphatic rings. The van der Waals surface area contributed by atoms with Crippen LogP contribution in [0, 0.1) is 6.92 Å². The summed E-state index contributed by atoms with van der Waals surface area (Å²) in [6.45, 7) is 4.48. The first-order chi connectivity index (χ1) is 9.85. The zero-order valence-electron chi connectivity index (χ0n) is 11.8. The maximum atomic E-state index is 12.4. The second-order valence-electron chi connectivity index (χ2n) is 4.63. The molecule has 8 heteroatoms. The number of aromatic nitrogens is 2. The lowest BCUT2D eigenvalue weighted by Crippen LogP contribution is -2.15. The van der Waals surface area contributed by atoms with E-state index in [2.05, 4.69) is 9.71 Å². The van der Waals surface area contributed by atoms with Crippen LogP contribution in [0.2, 0.25) is 5.02 Å². The number of para-hydroxylation sites is 1. The minimum Gasteiger partial charge on any atom is -0.397 e. The average molecular weight is 329 g/mol. The summed E-state index contributed by atoms with van der Waals surface area (Å²) in [4.78, 5) is 4.09. The Balaban J connectivity index is 2.37. The lowest BCUT2D eigenvalue weighted by Gasteiger charge is -2.10. The van der Waals surface area contributed by atoms with E-state index in [0.29, 0.717) is 12.4 Å². The molecule has 0 aliphatic carbocycles. The van der Waals surface area contributed by atoms with Gasteiger partial charge in [0.05, 0.1) is 16.4 Å². The zero-order valence-corrected chi connectivity index (χ0v) is 13.4. The zero-order chi connectivity index (χ0) is 15.6. The molecule has 1 aromatic heterocycles. The summed E-state index contributed by atoms with van der Waals surface area (Å²) in [6.07, 6.45) is 2.40. The fourth-order valence-electron chi connectivity index (χ4n) is 1.91. The molecule has 2 aromatic rings. The van der Waals surface area contributed by atoms with E-state index in [0.717, 1.165) is 6.42 Å². The van der Waals surface area contributed by atoms with Gasteiger partial charge in [-0.05, 0) is 25.5 Å². The highest BCUT2D eigenvalue weighted by Gasteiger charge is 2.21. The van der Waals surface area contributed by atoms with Gasteiger partial charge in [-0.15, -0.1) is 0 Å². The summed E-state index contributed by atoms with van der Waals surface area (Å²) < 4.78 is 28.9. The van der Waals surface area contributed by atoms with Gasteiger partial charge in [0.2, 0.25) is 0 Å². The second-order valence-corrected chi connectivity index (χ2v) is 6.67. The van der Waals surface area contributed by atoms with Crippen molar-refractivity contribution >= 4 is 33.0 Å². The molecule has 1 aromatic carbocycles. The van der Waals surface area contributed by atoms with E-state index < -0.39 is 10.0 Å². The molecule has 2 rings (SSSR count). The van der Waals surface area contributed by atoms with Gasteiger partial charge in [-0.2, -0.15) is 8.42 Å². The molecule has 0 radical (unpaired) electrons. The van der Waals surface area contributed by atoms with Gasteiger partial charge in [0.1, 0.15) is 5.82 Å². The van der Waals surface area contributed by atoms with E-state index in [1.807, 2.05) is 6.92 Å². The number of nitrogen functional groups attached to an aromatic ring is 1. The monoisotopic (exact) mass is 328 g/mol. The number of anilines is 2. The molecular weight excluding hydrogens is 312 g/mol. The van der Waals surface area contributed by atoms with Crippen molar-refractivity contribution in [3.63, 3.8) is 0 Å². The Hall–Kier alpha value is -1.73. The largest absolute Gasteiger partial charge is 0.397 e. The molecule has 21 heavy (non-hydrogen) atoms. The third-order valence-electron chi connectivity index (χ3n) is 2.98. The van der Waals surface area contributed by atoms with E-state index in [9.17, 15) is 8.42 Å². The van der Waals surface area contributed by atoms with Crippen LogP contribution in [0.4, 0.5) is 11.4 Å². The van der Waals surface area contributed by atoms with Crippen molar-refractivity contribution in [3.8, 4) is 0 Å². The Labute approximate surface area is 129 Å². The highest BCUT2D eigenvalue weighted by Crippen LogP contribution is 2.29. The number of hydrogen-bond acceptors (Lipinski definition) is 4. The number of rotatable bonds is 5. The second kappa shape index (κ2) is 5.95. The smallest absolute Gasteiger partial charge is 0.281 e. The van der Waals surface area contributed by atoms with Gasteiger partial charge in [0.25, 0.3) is 10.0 Å². The molecule has 0 unspecified atom stereocenters. The third-order valence-corrected chi connectivity index (χ3v) is 4.51. The molecule has 0 saturated heterocycles. The van der Waals surface area contributed by atoms with Gasteiger partial charge in [-0.3, -0.25) is 4.72 Å². The lowest BCUT2D eigenvalue weighted by atomic mass is 10.3. The van der Waals surface area contributed by atoms with Crippen molar-refractivity contribution in [2.24, 2.45) is 0 Å². The number of benzene rings is 1. The van der Waals surface area contributed by atoms with Crippen molar-refractivity contribution in [2.45, 2.75) is 31.8 Å². The number of sulfonamides is 1. The van der Waals surface area contributed by atoms with Gasteiger partial charge >= 0.3 is 0 Å². The highest BCUT2D eigenvalue weighted by atomic mass is 35.5. The number of nitrogens with two attached hydrogens (primary N) is 1. The molecule has 6 nitrogen and oxygen atoms in total. The van der Waals surface area contributed by atoms with Crippen molar-refractivity contribution < 1.29 is 8.42 Å². The number of nitrogens with one attached hydrogen (secondary N) is 1. The molecule has 0 bridgehead atoms. The predicted octanol–water partition coefficient (Wildman–Crippen LogP) is 2.64. The molecule has 0 fully saturated rings. The quantitative estimate of drug-likeness (QED) is 0.825. The summed E-state index contributed by atoms with van der Waals surface area (Å²) in [5, 5.41) is 0.191. The fraction of sp³-hybridized carbons (Fsp3) is 0.308. The molecule has 0 spiro atoms. The van der Waals surface area contributed by atoms with Crippen LogP contribution in [0.3, 0.4) is 0 Å². The molecule has 0 aliphatic heterocycles. The van der Waals surface area contributed by atoms with Gasteiger partial charge in [0.15, 0.2) is 5.03 Å². The van der Waals surface area contributed by atoms with Crippen LogP contribution in [0.25, 0.3) is 0 Å². The van der Waals surface area contributed by atoms with Crippen LogP contribution in [-0.4, -0.2) is 18.0 Å². The van der Waals surface area contributed by atoms with Gasteiger partial charge in [-0.1, -0.05) is 24.6 Å². The van der Waals surface area contributed by atoms with Crippen molar-refractivity contribution in [1.29, 1.82) is 0 Å². The standard InChI is InChI=1S/C13H17ClN4O2S/c1-3-7-18-8-12(16-9(18)2)21(19,20)17-13-10(14)5-4-6-11(13)15/h4-6,8,17H,3,7,15H2,1-2H3. The summed E-state index contributed by atoms with van der Waals surface area (Å²) in [7, 11) is -3.82. The highest BCUT2D eigenvalue weighted by molar-refractivity contribution is 7.92. The van der Waals surface area contributed by atoms with Crippen molar-refractivity contribution in [2.75, 3.05) is 10.5 Å². The number of aryl methyl sites for hydroxylation is 2. The molecule has 0 amide bonds. The first-order valence-electron chi connectivity index (χ1n) is 6.45. The van der Waals surface area contributed by atoms with Gasteiger partial charge < -0.3 is 10.3 Å². The van der Waals surface area contributed by atoms with Gasteiger partial charge in [-0.25, -0.2) is 4.98 Å². The molecule has 0 atom stereocenters. The van der Waals surface area contributed by atoms with E-state index in [-0.39, 0.29) is 21.4 Å². The minimum absolute atomic E-state index is 0.0484. The maximum Gasteiger partial charge on any atom is 0.281 e. The predicted molar refractivity (Wildman–Crippen MR) is 83.9 cm³/mol. The summed E-state index contributed by atoms with van der Waals surface area (Å²) in [5.74, 6) is 0.643. The number of halogens is 1. The van der Waals surface area contributed by atoms with Crippen molar-refractivity contribution in [3.05, 3.63) is 35.2 Å².